The summed E-state index contributed by atoms with van der Waals surface area (Å²) in [6, 6.07) is 7.36. The predicted molar refractivity (Wildman–Crippen MR) is 69.8 cm³/mol. The number of hydrogen-bond acceptors (Lipinski definition) is 3. The number of amides is 1. The first-order chi connectivity index (χ1) is 8.74. The van der Waals surface area contributed by atoms with Crippen LogP contribution in [0.4, 0.5) is 5.69 Å². The number of rotatable bonds is 4. The first kappa shape index (κ1) is 12.6. The molecular weight excluding hydrogens is 230 g/mol. The van der Waals surface area contributed by atoms with Crippen molar-refractivity contribution in [3.63, 3.8) is 0 Å². The number of carbonyl (C=O) groups excluding carboxylic acids is 1. The van der Waals surface area contributed by atoms with E-state index in [-0.39, 0.29) is 5.91 Å². The van der Waals surface area contributed by atoms with E-state index in [1.54, 1.807) is 0 Å². The zero-order valence-electron chi connectivity index (χ0n) is 10.4. The lowest BCUT2D eigenvalue weighted by atomic mass is 10.2. The molecule has 0 fully saturated rings. The summed E-state index contributed by atoms with van der Waals surface area (Å²) < 4.78 is 10.9. The molecule has 1 amide bonds. The van der Waals surface area contributed by atoms with Crippen LogP contribution >= 0.6 is 0 Å². The van der Waals surface area contributed by atoms with Crippen LogP contribution in [0, 0.1) is 0 Å². The Hall–Kier alpha value is -1.81. The van der Waals surface area contributed by atoms with Crippen LogP contribution in [0.15, 0.2) is 35.9 Å². The van der Waals surface area contributed by atoms with Crippen molar-refractivity contribution < 1.29 is 14.3 Å². The van der Waals surface area contributed by atoms with Gasteiger partial charge in [0.1, 0.15) is 12.4 Å². The first-order valence-electron chi connectivity index (χ1n) is 6.00. The molecule has 0 saturated heterocycles. The zero-order chi connectivity index (χ0) is 12.8. The monoisotopic (exact) mass is 247 g/mol. The molecule has 1 aromatic rings. The van der Waals surface area contributed by atoms with E-state index in [0.29, 0.717) is 13.2 Å². The maximum absolute atomic E-state index is 10.9. The molecule has 1 aliphatic heterocycles. The Morgan fingerprint density at radius 1 is 1.39 bits per heavy atom. The SMILES string of the molecule is CC(=O)Nc1ccc(OCC2=CCOCC2)cc1. The number of nitrogens with one attached hydrogen (secondary N) is 1. The van der Waals surface area contributed by atoms with Crippen LogP contribution in [0.5, 0.6) is 5.75 Å². The lowest BCUT2D eigenvalue weighted by Crippen LogP contribution is -2.10. The van der Waals surface area contributed by atoms with Crippen molar-refractivity contribution in [2.24, 2.45) is 0 Å². The lowest BCUT2D eigenvalue weighted by Gasteiger charge is -2.14. The van der Waals surface area contributed by atoms with Gasteiger partial charge in [-0.2, -0.15) is 0 Å². The highest BCUT2D eigenvalue weighted by molar-refractivity contribution is 5.88. The Labute approximate surface area is 107 Å². The molecule has 4 heteroatoms. The summed E-state index contributed by atoms with van der Waals surface area (Å²) in [5, 5.41) is 2.72. The normalized spacial score (nSPS) is 14.8. The van der Waals surface area contributed by atoms with Crippen LogP contribution in [0.25, 0.3) is 0 Å². The summed E-state index contributed by atoms with van der Waals surface area (Å²) in [6.07, 6.45) is 3.00. The van der Waals surface area contributed by atoms with Crippen molar-refractivity contribution >= 4 is 11.6 Å². The molecule has 2 rings (SSSR count). The van der Waals surface area contributed by atoms with Crippen molar-refractivity contribution in [1.29, 1.82) is 0 Å². The number of ether oxygens (including phenoxy) is 2. The molecule has 0 unspecified atom stereocenters. The molecule has 1 N–H and O–H groups in total. The number of anilines is 1. The Morgan fingerprint density at radius 3 is 2.78 bits per heavy atom. The van der Waals surface area contributed by atoms with E-state index in [0.717, 1.165) is 24.5 Å². The van der Waals surface area contributed by atoms with Crippen LogP contribution in [0.2, 0.25) is 0 Å². The highest BCUT2D eigenvalue weighted by Crippen LogP contribution is 2.17. The van der Waals surface area contributed by atoms with E-state index < -0.39 is 0 Å². The van der Waals surface area contributed by atoms with E-state index in [9.17, 15) is 4.79 Å². The average molecular weight is 247 g/mol. The summed E-state index contributed by atoms with van der Waals surface area (Å²) in [5.74, 6) is 0.729. The van der Waals surface area contributed by atoms with Gasteiger partial charge in [-0.05, 0) is 36.3 Å². The Kier molecular flexibility index (Phi) is 4.36. The first-order valence-corrected chi connectivity index (χ1v) is 6.00. The second-order valence-electron chi connectivity index (χ2n) is 4.18. The molecular formula is C14H17NO3. The molecule has 1 aliphatic rings. The van der Waals surface area contributed by atoms with E-state index in [2.05, 4.69) is 11.4 Å². The third-order valence-electron chi connectivity index (χ3n) is 2.66. The van der Waals surface area contributed by atoms with Gasteiger partial charge in [-0.25, -0.2) is 0 Å². The zero-order valence-corrected chi connectivity index (χ0v) is 10.4. The lowest BCUT2D eigenvalue weighted by molar-refractivity contribution is -0.114. The molecule has 1 aromatic carbocycles. The highest BCUT2D eigenvalue weighted by Gasteiger charge is 2.04. The molecule has 0 saturated carbocycles. The maximum atomic E-state index is 10.9. The van der Waals surface area contributed by atoms with Gasteiger partial charge in [-0.1, -0.05) is 6.08 Å². The van der Waals surface area contributed by atoms with Gasteiger partial charge >= 0.3 is 0 Å². The quantitative estimate of drug-likeness (QED) is 0.831. The van der Waals surface area contributed by atoms with Gasteiger partial charge in [0, 0.05) is 12.6 Å². The standard InChI is InChI=1S/C14H17NO3/c1-11(16)15-13-2-4-14(5-3-13)18-10-12-6-8-17-9-7-12/h2-6H,7-10H2,1H3,(H,15,16). The van der Waals surface area contributed by atoms with Gasteiger partial charge in [0.15, 0.2) is 0 Å². The summed E-state index contributed by atoms with van der Waals surface area (Å²) in [6.45, 7) is 3.54. The third-order valence-corrected chi connectivity index (χ3v) is 2.66. The van der Waals surface area contributed by atoms with Crippen molar-refractivity contribution in [3.8, 4) is 5.75 Å². The second kappa shape index (κ2) is 6.21. The van der Waals surface area contributed by atoms with Crippen molar-refractivity contribution in [2.45, 2.75) is 13.3 Å². The van der Waals surface area contributed by atoms with Crippen molar-refractivity contribution in [1.82, 2.24) is 0 Å². The van der Waals surface area contributed by atoms with Crippen LogP contribution in [0.1, 0.15) is 13.3 Å². The molecule has 18 heavy (non-hydrogen) atoms. The molecule has 1 heterocycles. The summed E-state index contributed by atoms with van der Waals surface area (Å²) >= 11 is 0. The molecule has 0 radical (unpaired) electrons. The summed E-state index contributed by atoms with van der Waals surface area (Å²) in [7, 11) is 0. The van der Waals surface area contributed by atoms with E-state index in [1.807, 2.05) is 24.3 Å². The van der Waals surface area contributed by atoms with Crippen molar-refractivity contribution in [2.75, 3.05) is 25.1 Å². The minimum Gasteiger partial charge on any atom is -0.489 e. The fourth-order valence-corrected chi connectivity index (χ4v) is 1.71. The third kappa shape index (κ3) is 3.89. The van der Waals surface area contributed by atoms with Crippen LogP contribution in [0.3, 0.4) is 0 Å². The van der Waals surface area contributed by atoms with Gasteiger partial charge < -0.3 is 14.8 Å². The van der Waals surface area contributed by atoms with E-state index >= 15 is 0 Å². The largest absolute Gasteiger partial charge is 0.489 e. The molecule has 0 bridgehead atoms. The van der Waals surface area contributed by atoms with Gasteiger partial charge in [0.25, 0.3) is 0 Å². The molecule has 0 atom stereocenters. The van der Waals surface area contributed by atoms with Gasteiger partial charge in [-0.3, -0.25) is 4.79 Å². The number of benzene rings is 1. The van der Waals surface area contributed by atoms with Gasteiger partial charge in [0.2, 0.25) is 5.91 Å². The van der Waals surface area contributed by atoms with Gasteiger partial charge in [-0.15, -0.1) is 0 Å². The van der Waals surface area contributed by atoms with Gasteiger partial charge in [0.05, 0.1) is 13.2 Å². The highest BCUT2D eigenvalue weighted by atomic mass is 16.5. The number of hydrogen-bond donors (Lipinski definition) is 1. The fourth-order valence-electron chi connectivity index (χ4n) is 1.71. The second-order valence-corrected chi connectivity index (χ2v) is 4.18. The average Bonchev–Trinajstić information content (AvgIpc) is 2.38. The molecule has 0 aromatic heterocycles. The molecule has 0 aliphatic carbocycles. The van der Waals surface area contributed by atoms with E-state index in [4.69, 9.17) is 9.47 Å². The Balaban J connectivity index is 1.86. The van der Waals surface area contributed by atoms with Crippen LogP contribution in [-0.4, -0.2) is 25.7 Å². The van der Waals surface area contributed by atoms with Crippen molar-refractivity contribution in [3.05, 3.63) is 35.9 Å². The minimum atomic E-state index is -0.0731. The summed E-state index contributed by atoms with van der Waals surface area (Å²) in [5.41, 5.74) is 2.05. The Bertz CT molecular complexity index is 437. The topological polar surface area (TPSA) is 47.6 Å². The van der Waals surface area contributed by atoms with E-state index in [1.165, 1.54) is 12.5 Å². The summed E-state index contributed by atoms with van der Waals surface area (Å²) in [4.78, 5) is 10.9. The fraction of sp³-hybridized carbons (Fsp3) is 0.357. The Morgan fingerprint density at radius 2 is 2.17 bits per heavy atom. The van der Waals surface area contributed by atoms with Crippen LogP contribution in [-0.2, 0) is 9.53 Å². The maximum Gasteiger partial charge on any atom is 0.221 e. The molecule has 4 nitrogen and oxygen atoms in total. The van der Waals surface area contributed by atoms with Crippen LogP contribution < -0.4 is 10.1 Å². The molecule has 96 valence electrons. The minimum absolute atomic E-state index is 0.0731. The smallest absolute Gasteiger partial charge is 0.221 e. The predicted octanol–water partition coefficient (Wildman–Crippen LogP) is 2.37. The number of carbonyl (C=O) groups is 1. The molecule has 0 spiro atoms.